The minimum atomic E-state index is -0.305. The third kappa shape index (κ3) is 3.11. The Kier molecular flexibility index (Phi) is 4.28. The van der Waals surface area contributed by atoms with E-state index in [1.54, 1.807) is 4.68 Å². The Morgan fingerprint density at radius 3 is 2.81 bits per heavy atom. The third-order valence-electron chi connectivity index (χ3n) is 3.86. The van der Waals surface area contributed by atoms with Gasteiger partial charge in [0.05, 0.1) is 11.9 Å². The van der Waals surface area contributed by atoms with Crippen LogP contribution in [0.5, 0.6) is 0 Å². The zero-order valence-corrected chi connectivity index (χ0v) is 14.4. The maximum absolute atomic E-state index is 12.8. The molecule has 0 aliphatic carbocycles. The highest BCUT2D eigenvalue weighted by molar-refractivity contribution is 7.17. The van der Waals surface area contributed by atoms with Gasteiger partial charge >= 0.3 is 0 Å². The van der Waals surface area contributed by atoms with E-state index in [1.807, 2.05) is 35.7 Å². The Labute approximate surface area is 151 Å². The minimum absolute atomic E-state index is 0.170. The Balaban J connectivity index is 1.61. The maximum Gasteiger partial charge on any atom is 0.281 e. The lowest BCUT2D eigenvalue weighted by Crippen LogP contribution is -2.33. The van der Waals surface area contributed by atoms with Gasteiger partial charge in [-0.2, -0.15) is 5.10 Å². The number of aromatic nitrogens is 5. The van der Waals surface area contributed by atoms with Crippen molar-refractivity contribution in [1.29, 1.82) is 0 Å². The second-order valence-electron chi connectivity index (χ2n) is 5.56. The average molecular weight is 366 g/mol. The molecular weight excluding hydrogens is 352 g/mol. The number of carbonyl (C=O) groups is 1. The number of nitrogens with zero attached hydrogens (tertiary/aromatic N) is 5. The summed E-state index contributed by atoms with van der Waals surface area (Å²) in [4.78, 5) is 33.7. The number of thiophene rings is 1. The van der Waals surface area contributed by atoms with Crippen LogP contribution in [0.2, 0.25) is 0 Å². The van der Waals surface area contributed by atoms with Crippen molar-refractivity contribution in [3.63, 3.8) is 0 Å². The second kappa shape index (κ2) is 6.89. The van der Waals surface area contributed by atoms with Crippen molar-refractivity contribution in [2.24, 2.45) is 0 Å². The molecule has 0 atom stereocenters. The van der Waals surface area contributed by atoms with Crippen LogP contribution >= 0.6 is 11.3 Å². The lowest BCUT2D eigenvalue weighted by atomic mass is 10.1. The largest absolute Gasteiger partial charge is 0.281 e. The molecule has 26 heavy (non-hydrogen) atoms. The van der Waals surface area contributed by atoms with Crippen molar-refractivity contribution in [3.05, 3.63) is 65.0 Å². The highest BCUT2D eigenvalue weighted by atomic mass is 32.1. The molecule has 0 saturated carbocycles. The van der Waals surface area contributed by atoms with Gasteiger partial charge in [0.1, 0.15) is 23.8 Å². The summed E-state index contributed by atoms with van der Waals surface area (Å²) >= 11 is 1.40. The third-order valence-corrected chi connectivity index (χ3v) is 4.75. The van der Waals surface area contributed by atoms with Gasteiger partial charge in [-0.15, -0.1) is 11.3 Å². The highest BCUT2D eigenvalue weighted by Crippen LogP contribution is 2.30. The molecule has 4 rings (SSSR count). The van der Waals surface area contributed by atoms with Crippen LogP contribution < -0.4 is 11.0 Å². The lowest BCUT2D eigenvalue weighted by molar-refractivity contribution is -0.117. The number of carbonyl (C=O) groups excluding carboxylic acids is 1. The first-order valence-electron chi connectivity index (χ1n) is 7.89. The molecular formula is C17H14N6O2S. The van der Waals surface area contributed by atoms with Gasteiger partial charge in [-0.1, -0.05) is 30.3 Å². The number of aryl methyl sites for hydroxylation is 1. The number of hydrogen-bond acceptors (Lipinski definition) is 6. The Hall–Kier alpha value is -3.33. The molecule has 1 amide bonds. The molecule has 0 aliphatic heterocycles. The molecule has 1 aromatic carbocycles. The second-order valence-corrected chi connectivity index (χ2v) is 6.42. The standard InChI is InChI=1S/C17H14N6O2S/c24-14(6-7-22-10-18-9-20-22)21-23-11-19-16-15(17(23)25)13(8-26-16)12-4-2-1-3-5-12/h1-5,8-11H,6-7H2,(H,21,24). The average Bonchev–Trinajstić information content (AvgIpc) is 3.33. The van der Waals surface area contributed by atoms with Crippen molar-refractivity contribution >= 4 is 27.5 Å². The molecule has 0 aliphatic rings. The quantitative estimate of drug-likeness (QED) is 0.582. The van der Waals surface area contributed by atoms with Crippen molar-refractivity contribution < 1.29 is 4.79 Å². The van der Waals surface area contributed by atoms with Crippen LogP contribution in [0.15, 0.2) is 59.5 Å². The SMILES string of the molecule is O=C(CCn1cncn1)Nn1cnc2scc(-c3ccccc3)c2c1=O. The van der Waals surface area contributed by atoms with E-state index >= 15 is 0 Å². The number of amides is 1. The van der Waals surface area contributed by atoms with E-state index in [-0.39, 0.29) is 17.9 Å². The zero-order valence-electron chi connectivity index (χ0n) is 13.6. The zero-order chi connectivity index (χ0) is 17.9. The van der Waals surface area contributed by atoms with E-state index in [0.29, 0.717) is 16.8 Å². The van der Waals surface area contributed by atoms with E-state index in [4.69, 9.17) is 0 Å². The molecule has 1 N–H and O–H groups in total. The predicted octanol–water partition coefficient (Wildman–Crippen LogP) is 1.88. The van der Waals surface area contributed by atoms with Crippen LogP contribution in [0, 0.1) is 0 Å². The molecule has 0 saturated heterocycles. The van der Waals surface area contributed by atoms with Crippen LogP contribution in [0.25, 0.3) is 21.3 Å². The molecule has 0 bridgehead atoms. The van der Waals surface area contributed by atoms with Crippen LogP contribution in [-0.4, -0.2) is 30.3 Å². The van der Waals surface area contributed by atoms with Gasteiger partial charge in [-0.3, -0.25) is 19.7 Å². The van der Waals surface area contributed by atoms with Crippen LogP contribution in [0.4, 0.5) is 0 Å². The Bertz CT molecular complexity index is 1100. The van der Waals surface area contributed by atoms with E-state index in [0.717, 1.165) is 15.8 Å². The Morgan fingerprint density at radius 2 is 2.04 bits per heavy atom. The molecule has 130 valence electrons. The molecule has 9 heteroatoms. The van der Waals surface area contributed by atoms with Gasteiger partial charge < -0.3 is 0 Å². The number of fused-ring (bicyclic) bond motifs is 1. The summed E-state index contributed by atoms with van der Waals surface area (Å²) in [6.07, 6.45) is 4.44. The van der Waals surface area contributed by atoms with Gasteiger partial charge in [0.25, 0.3) is 5.56 Å². The fourth-order valence-electron chi connectivity index (χ4n) is 2.60. The normalized spacial score (nSPS) is 10.9. The minimum Gasteiger partial charge on any atom is -0.273 e. The molecule has 0 radical (unpaired) electrons. The van der Waals surface area contributed by atoms with Crippen molar-refractivity contribution in [2.75, 3.05) is 5.43 Å². The molecule has 3 aromatic heterocycles. The molecule has 8 nitrogen and oxygen atoms in total. The van der Waals surface area contributed by atoms with E-state index in [2.05, 4.69) is 20.5 Å². The molecule has 3 heterocycles. The molecule has 4 aromatic rings. The van der Waals surface area contributed by atoms with Crippen LogP contribution in [0.3, 0.4) is 0 Å². The first kappa shape index (κ1) is 16.2. The summed E-state index contributed by atoms with van der Waals surface area (Å²) in [5.74, 6) is -0.305. The molecule has 0 unspecified atom stereocenters. The van der Waals surface area contributed by atoms with Crippen molar-refractivity contribution in [3.8, 4) is 11.1 Å². The topological polar surface area (TPSA) is 94.7 Å². The molecule has 0 spiro atoms. The van der Waals surface area contributed by atoms with E-state index in [9.17, 15) is 9.59 Å². The number of benzene rings is 1. The highest BCUT2D eigenvalue weighted by Gasteiger charge is 2.14. The van der Waals surface area contributed by atoms with Gasteiger partial charge in [0.15, 0.2) is 0 Å². The first-order chi connectivity index (χ1) is 12.7. The first-order valence-corrected chi connectivity index (χ1v) is 8.77. The summed E-state index contributed by atoms with van der Waals surface area (Å²) in [7, 11) is 0. The van der Waals surface area contributed by atoms with Gasteiger partial charge in [0, 0.05) is 17.4 Å². The Morgan fingerprint density at radius 1 is 1.19 bits per heavy atom. The van der Waals surface area contributed by atoms with Gasteiger partial charge in [0.2, 0.25) is 5.91 Å². The fraction of sp³-hybridized carbons (Fsp3) is 0.118. The number of hydrogen-bond donors (Lipinski definition) is 1. The summed E-state index contributed by atoms with van der Waals surface area (Å²) < 4.78 is 2.68. The number of rotatable bonds is 5. The van der Waals surface area contributed by atoms with Crippen LogP contribution in [0.1, 0.15) is 6.42 Å². The lowest BCUT2D eigenvalue weighted by Gasteiger charge is -2.08. The summed E-state index contributed by atoms with van der Waals surface area (Å²) in [6.45, 7) is 0.379. The fourth-order valence-corrected chi connectivity index (χ4v) is 3.50. The monoisotopic (exact) mass is 366 g/mol. The van der Waals surface area contributed by atoms with E-state index in [1.165, 1.54) is 30.3 Å². The summed E-state index contributed by atoms with van der Waals surface area (Å²) in [5.41, 5.74) is 4.03. The van der Waals surface area contributed by atoms with Gasteiger partial charge in [-0.25, -0.2) is 14.6 Å². The maximum atomic E-state index is 12.8. The van der Waals surface area contributed by atoms with Crippen molar-refractivity contribution in [1.82, 2.24) is 24.4 Å². The predicted molar refractivity (Wildman–Crippen MR) is 98.3 cm³/mol. The van der Waals surface area contributed by atoms with Gasteiger partial charge in [-0.05, 0) is 5.56 Å². The van der Waals surface area contributed by atoms with E-state index < -0.39 is 0 Å². The van der Waals surface area contributed by atoms with Crippen LogP contribution in [-0.2, 0) is 11.3 Å². The summed E-state index contributed by atoms with van der Waals surface area (Å²) in [5, 5.41) is 6.35. The number of nitrogens with one attached hydrogen (secondary N) is 1. The summed E-state index contributed by atoms with van der Waals surface area (Å²) in [6, 6.07) is 9.63. The van der Waals surface area contributed by atoms with Crippen molar-refractivity contribution in [2.45, 2.75) is 13.0 Å². The smallest absolute Gasteiger partial charge is 0.273 e. The molecule has 0 fully saturated rings.